The van der Waals surface area contributed by atoms with Gasteiger partial charge >= 0.3 is 0 Å². The second-order valence-corrected chi connectivity index (χ2v) is 6.00. The predicted molar refractivity (Wildman–Crippen MR) is 99.6 cm³/mol. The van der Waals surface area contributed by atoms with Gasteiger partial charge in [0, 0.05) is 24.3 Å². The Hall–Kier alpha value is -2.51. The third kappa shape index (κ3) is 5.50. The summed E-state index contributed by atoms with van der Waals surface area (Å²) in [6.07, 6.45) is 3.66. The van der Waals surface area contributed by atoms with E-state index < -0.39 is 0 Å². The number of benzene rings is 1. The zero-order valence-corrected chi connectivity index (χ0v) is 15.0. The molecular weight excluding hydrogens is 358 g/mol. The first kappa shape index (κ1) is 19.8. The van der Waals surface area contributed by atoms with E-state index in [-0.39, 0.29) is 42.6 Å². The Kier molecular flexibility index (Phi) is 7.06. The lowest BCUT2D eigenvalue weighted by atomic mass is 10.2. The van der Waals surface area contributed by atoms with Gasteiger partial charge in [-0.25, -0.2) is 0 Å². The molecule has 1 fully saturated rings. The van der Waals surface area contributed by atoms with Gasteiger partial charge in [-0.1, -0.05) is 6.07 Å². The average Bonchev–Trinajstić information content (AvgIpc) is 3.31. The number of furan rings is 1. The van der Waals surface area contributed by atoms with Gasteiger partial charge in [0.15, 0.2) is 12.4 Å². The summed E-state index contributed by atoms with van der Waals surface area (Å²) >= 11 is 0. The summed E-state index contributed by atoms with van der Waals surface area (Å²) in [6, 6.07) is 10.1. The van der Waals surface area contributed by atoms with Crippen LogP contribution in [-0.2, 0) is 4.79 Å². The Morgan fingerprint density at radius 3 is 2.73 bits per heavy atom. The molecule has 0 aliphatic heterocycles. The van der Waals surface area contributed by atoms with E-state index in [4.69, 9.17) is 14.9 Å². The Labute approximate surface area is 157 Å². The largest absolute Gasteiger partial charge is 0.484 e. The highest BCUT2D eigenvalue weighted by Gasteiger charge is 2.31. The molecule has 0 bridgehead atoms. The summed E-state index contributed by atoms with van der Waals surface area (Å²) in [7, 11) is 0. The summed E-state index contributed by atoms with van der Waals surface area (Å²) in [4.78, 5) is 23.9. The van der Waals surface area contributed by atoms with Crippen LogP contribution in [0, 0.1) is 5.92 Å². The minimum atomic E-state index is -0.352. The molecule has 1 heterocycles. The standard InChI is InChI=1S/C18H21N3O4.ClH/c19-10-15(12-6-7-12)21-17(22)11-25-14-4-1-3-13(9-14)20-18(23)16-5-2-8-24-16;/h1-5,8-9,12,15H,6-7,10-11,19H2,(H,20,23)(H,21,22);1H. The van der Waals surface area contributed by atoms with Crippen LogP contribution < -0.4 is 21.1 Å². The first-order chi connectivity index (χ1) is 12.2. The van der Waals surface area contributed by atoms with Crippen LogP contribution in [0.1, 0.15) is 23.4 Å². The smallest absolute Gasteiger partial charge is 0.291 e. The number of carbonyl (C=O) groups excluding carboxylic acids is 2. The number of nitrogens with one attached hydrogen (secondary N) is 2. The van der Waals surface area contributed by atoms with Crippen LogP contribution in [0.2, 0.25) is 0 Å². The van der Waals surface area contributed by atoms with Crippen LogP contribution in [0.3, 0.4) is 0 Å². The number of nitrogens with two attached hydrogens (primary N) is 1. The van der Waals surface area contributed by atoms with Crippen molar-refractivity contribution in [2.24, 2.45) is 11.7 Å². The number of hydrogen-bond acceptors (Lipinski definition) is 5. The van der Waals surface area contributed by atoms with Crippen molar-refractivity contribution in [3.8, 4) is 5.75 Å². The molecular formula is C18H22ClN3O4. The number of halogens is 1. The molecule has 1 aromatic heterocycles. The molecule has 4 N–H and O–H groups in total. The van der Waals surface area contributed by atoms with Crippen molar-refractivity contribution in [1.82, 2.24) is 5.32 Å². The molecule has 1 saturated carbocycles. The van der Waals surface area contributed by atoms with Gasteiger partial charge in [-0.3, -0.25) is 9.59 Å². The zero-order chi connectivity index (χ0) is 17.6. The minimum absolute atomic E-state index is 0. The summed E-state index contributed by atoms with van der Waals surface area (Å²) < 4.78 is 10.5. The molecule has 140 valence electrons. The van der Waals surface area contributed by atoms with Crippen LogP contribution in [-0.4, -0.2) is 31.0 Å². The van der Waals surface area contributed by atoms with Gasteiger partial charge in [0.25, 0.3) is 11.8 Å². The molecule has 0 spiro atoms. The molecule has 2 amide bonds. The van der Waals surface area contributed by atoms with E-state index in [1.165, 1.54) is 6.26 Å². The Morgan fingerprint density at radius 2 is 2.08 bits per heavy atom. The van der Waals surface area contributed by atoms with Crippen molar-refractivity contribution in [2.45, 2.75) is 18.9 Å². The van der Waals surface area contributed by atoms with Crippen LogP contribution in [0.5, 0.6) is 5.75 Å². The molecule has 3 rings (SSSR count). The number of ether oxygens (including phenoxy) is 1. The lowest BCUT2D eigenvalue weighted by Gasteiger charge is -2.16. The molecule has 0 radical (unpaired) electrons. The normalized spacial score (nSPS) is 14.0. The van der Waals surface area contributed by atoms with Crippen molar-refractivity contribution >= 4 is 29.9 Å². The average molecular weight is 380 g/mol. The maximum absolute atomic E-state index is 12.0. The highest BCUT2D eigenvalue weighted by Crippen LogP contribution is 2.32. The van der Waals surface area contributed by atoms with Gasteiger partial charge in [0.05, 0.1) is 6.26 Å². The molecule has 1 aromatic carbocycles. The Bertz CT molecular complexity index is 732. The summed E-state index contributed by atoms with van der Waals surface area (Å²) in [5.74, 6) is 0.651. The van der Waals surface area contributed by atoms with Gasteiger partial charge in [0.2, 0.25) is 0 Å². The van der Waals surface area contributed by atoms with Gasteiger partial charge in [0.1, 0.15) is 5.75 Å². The Morgan fingerprint density at radius 1 is 1.27 bits per heavy atom. The number of anilines is 1. The van der Waals surface area contributed by atoms with E-state index in [1.54, 1.807) is 36.4 Å². The molecule has 1 unspecified atom stereocenters. The third-order valence-corrected chi connectivity index (χ3v) is 4.00. The monoisotopic (exact) mass is 379 g/mol. The van der Waals surface area contributed by atoms with Gasteiger partial charge < -0.3 is 25.5 Å². The lowest BCUT2D eigenvalue weighted by Crippen LogP contribution is -2.43. The maximum Gasteiger partial charge on any atom is 0.291 e. The van der Waals surface area contributed by atoms with Crippen LogP contribution in [0.4, 0.5) is 5.69 Å². The fourth-order valence-corrected chi connectivity index (χ4v) is 2.53. The molecule has 1 atom stereocenters. The highest BCUT2D eigenvalue weighted by atomic mass is 35.5. The van der Waals surface area contributed by atoms with Crippen molar-refractivity contribution < 1.29 is 18.7 Å². The van der Waals surface area contributed by atoms with Crippen molar-refractivity contribution in [1.29, 1.82) is 0 Å². The van der Waals surface area contributed by atoms with Crippen LogP contribution in [0.25, 0.3) is 0 Å². The zero-order valence-electron chi connectivity index (χ0n) is 14.1. The number of hydrogen-bond donors (Lipinski definition) is 3. The van der Waals surface area contributed by atoms with E-state index in [0.29, 0.717) is 23.9 Å². The molecule has 1 aliphatic carbocycles. The van der Waals surface area contributed by atoms with E-state index in [0.717, 1.165) is 12.8 Å². The number of amides is 2. The topological polar surface area (TPSA) is 107 Å². The minimum Gasteiger partial charge on any atom is -0.484 e. The van der Waals surface area contributed by atoms with Gasteiger partial charge in [-0.2, -0.15) is 0 Å². The molecule has 26 heavy (non-hydrogen) atoms. The SMILES string of the molecule is Cl.NCC(NC(=O)COc1cccc(NC(=O)c2ccco2)c1)C1CC1. The lowest BCUT2D eigenvalue weighted by molar-refractivity contribution is -0.123. The second-order valence-electron chi connectivity index (χ2n) is 6.00. The van der Waals surface area contributed by atoms with Gasteiger partial charge in [-0.05, 0) is 43.0 Å². The first-order valence-corrected chi connectivity index (χ1v) is 8.23. The molecule has 7 nitrogen and oxygen atoms in total. The third-order valence-electron chi connectivity index (χ3n) is 4.00. The number of carbonyl (C=O) groups is 2. The first-order valence-electron chi connectivity index (χ1n) is 8.23. The molecule has 8 heteroatoms. The fraction of sp³-hybridized carbons (Fsp3) is 0.333. The van der Waals surface area contributed by atoms with Crippen LogP contribution >= 0.6 is 12.4 Å². The second kappa shape index (κ2) is 9.26. The number of rotatable bonds is 8. The van der Waals surface area contributed by atoms with E-state index in [9.17, 15) is 9.59 Å². The van der Waals surface area contributed by atoms with Crippen molar-refractivity contribution in [2.75, 3.05) is 18.5 Å². The van der Waals surface area contributed by atoms with E-state index in [2.05, 4.69) is 10.6 Å². The summed E-state index contributed by atoms with van der Waals surface area (Å²) in [6.45, 7) is 0.337. The fourth-order valence-electron chi connectivity index (χ4n) is 2.53. The van der Waals surface area contributed by atoms with E-state index >= 15 is 0 Å². The Balaban J connectivity index is 0.00000243. The van der Waals surface area contributed by atoms with Gasteiger partial charge in [-0.15, -0.1) is 12.4 Å². The molecule has 1 aliphatic rings. The van der Waals surface area contributed by atoms with Crippen molar-refractivity contribution in [3.05, 3.63) is 48.4 Å². The van der Waals surface area contributed by atoms with Crippen molar-refractivity contribution in [3.63, 3.8) is 0 Å². The summed E-state index contributed by atoms with van der Waals surface area (Å²) in [5.41, 5.74) is 6.23. The quantitative estimate of drug-likeness (QED) is 0.651. The molecule has 0 saturated heterocycles. The maximum atomic E-state index is 12.0. The predicted octanol–water partition coefficient (Wildman–Crippen LogP) is 2.19. The van der Waals surface area contributed by atoms with E-state index in [1.807, 2.05) is 0 Å². The summed E-state index contributed by atoms with van der Waals surface area (Å²) in [5, 5.41) is 5.60. The van der Waals surface area contributed by atoms with Crippen LogP contribution in [0.15, 0.2) is 47.1 Å². The highest BCUT2D eigenvalue weighted by molar-refractivity contribution is 6.02. The molecule has 2 aromatic rings.